The monoisotopic (exact) mass is 374 g/mol. The molecule has 0 atom stereocenters. The first kappa shape index (κ1) is 18.2. The Kier molecular flexibility index (Phi) is 4.89. The van der Waals surface area contributed by atoms with Crippen LogP contribution < -0.4 is 0 Å². The number of hydrogen-bond donors (Lipinski definition) is 0. The van der Waals surface area contributed by atoms with Crippen molar-refractivity contribution in [3.8, 4) is 39.4 Å². The molecule has 2 nitrogen and oxygen atoms in total. The van der Waals surface area contributed by atoms with Crippen LogP contribution >= 0.6 is 0 Å². The van der Waals surface area contributed by atoms with Gasteiger partial charge in [0.2, 0.25) is 5.69 Å². The van der Waals surface area contributed by atoms with E-state index in [1.165, 1.54) is 12.1 Å². The molecule has 0 fully saturated rings. The molecule has 0 amide bonds. The number of rotatable bonds is 3. The molecule has 0 unspecified atom stereocenters. The largest absolute Gasteiger partial charge is 0.235 e. The molecular weight excluding hydrogens is 359 g/mol. The molecule has 0 aliphatic heterocycles. The van der Waals surface area contributed by atoms with E-state index < -0.39 is 5.82 Å². The van der Waals surface area contributed by atoms with Gasteiger partial charge in [0.1, 0.15) is 11.9 Å². The maximum atomic E-state index is 14.2. The van der Waals surface area contributed by atoms with E-state index >= 15 is 0 Å². The number of nitrogens with zero attached hydrogens (tertiary/aromatic N) is 2. The smallest absolute Gasteiger partial charge is 0.224 e. The first-order valence-electron chi connectivity index (χ1n) is 9.07. The molecule has 0 aliphatic rings. The Balaban J connectivity index is 1.97. The summed E-state index contributed by atoms with van der Waals surface area (Å²) in [5, 5.41) is 9.28. The van der Waals surface area contributed by atoms with E-state index in [9.17, 15) is 9.65 Å². The van der Waals surface area contributed by atoms with Crippen LogP contribution in [0.2, 0.25) is 0 Å². The van der Waals surface area contributed by atoms with Gasteiger partial charge in [-0.3, -0.25) is 0 Å². The lowest BCUT2D eigenvalue weighted by molar-refractivity contribution is 0.630. The summed E-state index contributed by atoms with van der Waals surface area (Å²) in [5.74, 6) is -0.770. The minimum absolute atomic E-state index is 0.125. The maximum Gasteiger partial charge on any atom is 0.224 e. The zero-order chi connectivity index (χ0) is 20.2. The number of nitriles is 1. The maximum absolute atomic E-state index is 14.2. The lowest BCUT2D eigenvalue weighted by atomic mass is 9.92. The zero-order valence-corrected chi connectivity index (χ0v) is 15.4. The van der Waals surface area contributed by atoms with Crippen LogP contribution in [0.1, 0.15) is 5.56 Å². The summed E-state index contributed by atoms with van der Waals surface area (Å²) in [6, 6.07) is 30.9. The molecule has 0 bridgehead atoms. The van der Waals surface area contributed by atoms with E-state index in [2.05, 4.69) is 10.9 Å². The molecule has 0 saturated heterocycles. The fraction of sp³-hybridized carbons (Fsp3) is 0. The van der Waals surface area contributed by atoms with Crippen molar-refractivity contribution in [2.75, 3.05) is 0 Å². The van der Waals surface area contributed by atoms with Gasteiger partial charge in [0.25, 0.3) is 0 Å². The predicted molar refractivity (Wildman–Crippen MR) is 114 cm³/mol. The highest BCUT2D eigenvalue weighted by Gasteiger charge is 2.13. The van der Waals surface area contributed by atoms with E-state index in [1.807, 2.05) is 78.9 Å². The molecule has 0 aliphatic carbocycles. The lowest BCUT2D eigenvalue weighted by Gasteiger charge is -2.12. The van der Waals surface area contributed by atoms with Crippen LogP contribution in [0.4, 0.5) is 10.1 Å². The van der Waals surface area contributed by atoms with Crippen LogP contribution in [0, 0.1) is 23.7 Å². The van der Waals surface area contributed by atoms with E-state index in [1.54, 1.807) is 0 Å². The molecule has 4 aromatic carbocycles. The van der Waals surface area contributed by atoms with Gasteiger partial charge in [-0.05, 0) is 63.7 Å². The summed E-state index contributed by atoms with van der Waals surface area (Å²) in [4.78, 5) is 3.25. The van der Waals surface area contributed by atoms with Crippen LogP contribution in [-0.2, 0) is 0 Å². The van der Waals surface area contributed by atoms with Crippen molar-refractivity contribution >= 4 is 5.69 Å². The quantitative estimate of drug-likeness (QED) is 0.347. The van der Waals surface area contributed by atoms with Gasteiger partial charge in [-0.1, -0.05) is 60.7 Å². The summed E-state index contributed by atoms with van der Waals surface area (Å²) in [6.45, 7) is 7.24. The highest BCUT2D eigenvalue weighted by molar-refractivity contribution is 5.82. The van der Waals surface area contributed by atoms with Crippen molar-refractivity contribution < 1.29 is 4.39 Å². The summed E-state index contributed by atoms with van der Waals surface area (Å²) >= 11 is 0. The third kappa shape index (κ3) is 3.63. The minimum Gasteiger partial charge on any atom is -0.235 e. The van der Waals surface area contributed by atoms with Gasteiger partial charge in [-0.15, -0.1) is 0 Å². The second kappa shape index (κ2) is 7.80. The molecule has 0 aromatic heterocycles. The van der Waals surface area contributed by atoms with Gasteiger partial charge in [0.05, 0.1) is 12.1 Å². The third-order valence-electron chi connectivity index (χ3n) is 4.77. The second-order valence-electron chi connectivity index (χ2n) is 6.61. The Hall–Kier alpha value is -4.21. The standard InChI is InChI=1S/C26H15FN2/c1-29-25-16-23(15-24(17-28)26(25)27)22-13-20(18-8-4-2-5-9-18)12-21(14-22)19-10-6-3-7-11-19/h2-16H. The van der Waals surface area contributed by atoms with Crippen LogP contribution in [0.5, 0.6) is 0 Å². The van der Waals surface area contributed by atoms with E-state index in [4.69, 9.17) is 6.57 Å². The normalized spacial score (nSPS) is 10.2. The van der Waals surface area contributed by atoms with E-state index in [-0.39, 0.29) is 11.3 Å². The molecule has 3 heteroatoms. The van der Waals surface area contributed by atoms with Crippen molar-refractivity contribution in [2.45, 2.75) is 0 Å². The highest BCUT2D eigenvalue weighted by Crippen LogP contribution is 2.35. The molecule has 136 valence electrons. The Morgan fingerprint density at radius 2 is 1.10 bits per heavy atom. The minimum atomic E-state index is -0.770. The van der Waals surface area contributed by atoms with Gasteiger partial charge in [0.15, 0.2) is 0 Å². The van der Waals surface area contributed by atoms with Gasteiger partial charge in [-0.25, -0.2) is 9.24 Å². The number of benzene rings is 4. The van der Waals surface area contributed by atoms with Crippen LogP contribution in [0.3, 0.4) is 0 Å². The lowest BCUT2D eigenvalue weighted by Crippen LogP contribution is -1.89. The van der Waals surface area contributed by atoms with Gasteiger partial charge in [0, 0.05) is 0 Å². The predicted octanol–water partition coefficient (Wildman–Crippen LogP) is 7.25. The Morgan fingerprint density at radius 3 is 1.55 bits per heavy atom. The molecule has 0 saturated carbocycles. The molecule has 0 spiro atoms. The average Bonchev–Trinajstić information content (AvgIpc) is 2.80. The van der Waals surface area contributed by atoms with Crippen LogP contribution in [-0.4, -0.2) is 0 Å². The fourth-order valence-electron chi connectivity index (χ4n) is 3.33. The second-order valence-corrected chi connectivity index (χ2v) is 6.61. The molecule has 0 heterocycles. The topological polar surface area (TPSA) is 28.1 Å². The van der Waals surface area contributed by atoms with E-state index in [0.29, 0.717) is 5.56 Å². The first-order valence-corrected chi connectivity index (χ1v) is 9.07. The van der Waals surface area contributed by atoms with Crippen molar-refractivity contribution in [1.82, 2.24) is 0 Å². The Bertz CT molecular complexity index is 1170. The Labute approximate surface area is 168 Å². The van der Waals surface area contributed by atoms with Crippen molar-refractivity contribution in [2.24, 2.45) is 0 Å². The van der Waals surface area contributed by atoms with Gasteiger partial charge < -0.3 is 0 Å². The molecule has 4 aromatic rings. The number of halogens is 1. The van der Waals surface area contributed by atoms with Gasteiger partial charge in [-0.2, -0.15) is 5.26 Å². The molecule has 4 rings (SSSR count). The third-order valence-corrected chi connectivity index (χ3v) is 4.77. The van der Waals surface area contributed by atoms with Crippen molar-refractivity contribution in [3.63, 3.8) is 0 Å². The summed E-state index contributed by atoms with van der Waals surface area (Å²) in [7, 11) is 0. The van der Waals surface area contributed by atoms with E-state index in [0.717, 1.165) is 27.8 Å². The number of hydrogen-bond acceptors (Lipinski definition) is 1. The molecule has 0 radical (unpaired) electrons. The molecule has 29 heavy (non-hydrogen) atoms. The van der Waals surface area contributed by atoms with Crippen LogP contribution in [0.15, 0.2) is 91.0 Å². The summed E-state index contributed by atoms with van der Waals surface area (Å²) < 4.78 is 14.2. The average molecular weight is 374 g/mol. The fourth-order valence-corrected chi connectivity index (χ4v) is 3.33. The highest BCUT2D eigenvalue weighted by atomic mass is 19.1. The zero-order valence-electron chi connectivity index (χ0n) is 15.4. The summed E-state index contributed by atoms with van der Waals surface area (Å²) in [5.41, 5.74) is 5.32. The Morgan fingerprint density at radius 1 is 0.655 bits per heavy atom. The van der Waals surface area contributed by atoms with Crippen molar-refractivity contribution in [3.05, 3.63) is 114 Å². The van der Waals surface area contributed by atoms with Crippen molar-refractivity contribution in [1.29, 1.82) is 5.26 Å². The first-order chi connectivity index (χ1) is 14.2. The molecular formula is C26H15FN2. The van der Waals surface area contributed by atoms with Gasteiger partial charge >= 0.3 is 0 Å². The SMILES string of the molecule is [C-]#[N+]c1cc(-c2cc(-c3ccccc3)cc(-c3ccccc3)c2)cc(C#N)c1F. The molecule has 0 N–H and O–H groups in total. The van der Waals surface area contributed by atoms with Crippen LogP contribution in [0.25, 0.3) is 38.2 Å². The summed E-state index contributed by atoms with van der Waals surface area (Å²) in [6.07, 6.45) is 0.